The van der Waals surface area contributed by atoms with E-state index in [9.17, 15) is 14.4 Å². The van der Waals surface area contributed by atoms with Crippen molar-refractivity contribution in [2.45, 2.75) is 12.8 Å². The molecule has 1 unspecified atom stereocenters. The average molecular weight is 471 g/mol. The number of rotatable bonds is 4. The predicted octanol–water partition coefficient (Wildman–Crippen LogP) is 2.11. The molecule has 3 amide bonds. The summed E-state index contributed by atoms with van der Waals surface area (Å²) < 4.78 is 0.839. The van der Waals surface area contributed by atoms with Crippen LogP contribution in [0, 0.1) is 5.92 Å². The number of hydrogen-bond acceptors (Lipinski definition) is 4. The van der Waals surface area contributed by atoms with Crippen LogP contribution in [0.4, 0.5) is 5.69 Å². The zero-order valence-electron chi connectivity index (χ0n) is 16.5. The fraction of sp³-hybridized carbons (Fsp3) is 0.364. The summed E-state index contributed by atoms with van der Waals surface area (Å²) in [6.07, 6.45) is 2.17. The lowest BCUT2D eigenvalue weighted by Crippen LogP contribution is -2.52. The molecule has 0 bridgehead atoms. The molecule has 2 fully saturated rings. The van der Waals surface area contributed by atoms with Crippen LogP contribution in [-0.2, 0) is 20.8 Å². The van der Waals surface area contributed by atoms with Crippen LogP contribution in [0.3, 0.4) is 0 Å². The summed E-state index contributed by atoms with van der Waals surface area (Å²) in [6.45, 7) is 2.39. The number of aromatic nitrogens is 1. The number of amides is 3. The van der Waals surface area contributed by atoms with E-state index in [1.165, 1.54) is 0 Å². The summed E-state index contributed by atoms with van der Waals surface area (Å²) in [5.41, 5.74) is 1.54. The molecule has 30 heavy (non-hydrogen) atoms. The van der Waals surface area contributed by atoms with Crippen molar-refractivity contribution in [3.8, 4) is 0 Å². The molecule has 2 aromatic rings. The normalized spacial score (nSPS) is 19.3. The minimum Gasteiger partial charge on any atom is -0.339 e. The lowest BCUT2D eigenvalue weighted by Gasteiger charge is -2.36. The van der Waals surface area contributed by atoms with E-state index in [-0.39, 0.29) is 36.5 Å². The van der Waals surface area contributed by atoms with E-state index in [0.29, 0.717) is 32.7 Å². The molecule has 1 atom stereocenters. The van der Waals surface area contributed by atoms with Gasteiger partial charge in [0.15, 0.2) is 0 Å². The molecule has 2 aliphatic rings. The first-order chi connectivity index (χ1) is 14.5. The van der Waals surface area contributed by atoms with Gasteiger partial charge in [0.2, 0.25) is 17.7 Å². The highest BCUT2D eigenvalue weighted by Gasteiger charge is 2.38. The molecule has 0 spiro atoms. The molecule has 8 heteroatoms. The number of carbonyl (C=O) groups is 3. The van der Waals surface area contributed by atoms with Crippen LogP contribution in [0.2, 0.25) is 0 Å². The lowest BCUT2D eigenvalue weighted by atomic mass is 10.1. The van der Waals surface area contributed by atoms with Gasteiger partial charge in [0, 0.05) is 55.5 Å². The largest absolute Gasteiger partial charge is 0.339 e. The molecule has 1 aromatic carbocycles. The Labute approximate surface area is 183 Å². The zero-order chi connectivity index (χ0) is 21.1. The van der Waals surface area contributed by atoms with Crippen LogP contribution in [0.1, 0.15) is 12.1 Å². The van der Waals surface area contributed by atoms with Crippen LogP contribution in [-0.4, -0.2) is 65.2 Å². The maximum atomic E-state index is 13.0. The molecule has 3 heterocycles. The fourth-order valence-corrected chi connectivity index (χ4v) is 4.48. The second kappa shape index (κ2) is 8.95. The van der Waals surface area contributed by atoms with Crippen molar-refractivity contribution >= 4 is 39.3 Å². The number of piperazine rings is 1. The van der Waals surface area contributed by atoms with Gasteiger partial charge < -0.3 is 14.7 Å². The Bertz CT molecular complexity index is 944. The lowest BCUT2D eigenvalue weighted by molar-refractivity contribution is -0.141. The third kappa shape index (κ3) is 4.38. The van der Waals surface area contributed by atoms with E-state index >= 15 is 0 Å². The van der Waals surface area contributed by atoms with Gasteiger partial charge in [-0.1, -0.05) is 18.2 Å². The van der Waals surface area contributed by atoms with E-state index in [1.807, 2.05) is 42.5 Å². The smallest absolute Gasteiger partial charge is 0.228 e. The van der Waals surface area contributed by atoms with E-state index < -0.39 is 0 Å². The second-order valence-corrected chi connectivity index (χ2v) is 8.42. The van der Waals surface area contributed by atoms with Crippen molar-refractivity contribution in [1.29, 1.82) is 0 Å². The Balaban J connectivity index is 1.32. The topological polar surface area (TPSA) is 73.8 Å². The minimum absolute atomic E-state index is 0.00488. The number of pyridine rings is 1. The van der Waals surface area contributed by atoms with Crippen molar-refractivity contribution in [2.24, 2.45) is 5.92 Å². The van der Waals surface area contributed by atoms with Crippen LogP contribution < -0.4 is 4.90 Å². The van der Waals surface area contributed by atoms with Crippen LogP contribution in [0.25, 0.3) is 0 Å². The van der Waals surface area contributed by atoms with Crippen LogP contribution >= 0.6 is 15.9 Å². The van der Waals surface area contributed by atoms with Gasteiger partial charge in [-0.25, -0.2) is 0 Å². The van der Waals surface area contributed by atoms with Gasteiger partial charge in [-0.3, -0.25) is 19.4 Å². The molecule has 1 aromatic heterocycles. The Morgan fingerprint density at radius 3 is 2.40 bits per heavy atom. The molecule has 0 saturated carbocycles. The molecule has 4 rings (SSSR count). The fourth-order valence-electron chi connectivity index (χ4n) is 3.98. The summed E-state index contributed by atoms with van der Waals surface area (Å²) in [4.78, 5) is 47.5. The number of carbonyl (C=O) groups excluding carboxylic acids is 3. The molecule has 0 aliphatic carbocycles. The molecular weight excluding hydrogens is 448 g/mol. The van der Waals surface area contributed by atoms with Gasteiger partial charge in [0.25, 0.3) is 0 Å². The molecule has 156 valence electrons. The average Bonchev–Trinajstić information content (AvgIpc) is 3.15. The third-order valence-electron chi connectivity index (χ3n) is 5.62. The maximum Gasteiger partial charge on any atom is 0.228 e. The Morgan fingerprint density at radius 1 is 1.00 bits per heavy atom. The summed E-state index contributed by atoms with van der Waals surface area (Å²) in [5.74, 6) is -0.364. The number of benzene rings is 1. The molecule has 2 aliphatic heterocycles. The number of hydrogen-bond donors (Lipinski definition) is 0. The third-order valence-corrected chi connectivity index (χ3v) is 6.29. The molecule has 2 saturated heterocycles. The quantitative estimate of drug-likeness (QED) is 0.685. The molecule has 7 nitrogen and oxygen atoms in total. The summed E-state index contributed by atoms with van der Waals surface area (Å²) in [6, 6.07) is 13.1. The highest BCUT2D eigenvalue weighted by atomic mass is 79.9. The van der Waals surface area contributed by atoms with Gasteiger partial charge in [0.05, 0.1) is 18.0 Å². The number of halogens is 1. The number of para-hydroxylation sites is 1. The van der Waals surface area contributed by atoms with Gasteiger partial charge in [-0.15, -0.1) is 0 Å². The first kappa shape index (κ1) is 20.5. The van der Waals surface area contributed by atoms with Crippen molar-refractivity contribution in [3.63, 3.8) is 0 Å². The Kier molecular flexibility index (Phi) is 6.13. The van der Waals surface area contributed by atoms with Crippen molar-refractivity contribution < 1.29 is 14.4 Å². The summed E-state index contributed by atoms with van der Waals surface area (Å²) in [5, 5.41) is 0. The first-order valence-corrected chi connectivity index (χ1v) is 10.8. The van der Waals surface area contributed by atoms with Crippen LogP contribution in [0.15, 0.2) is 53.1 Å². The zero-order valence-corrected chi connectivity index (χ0v) is 18.1. The predicted molar refractivity (Wildman–Crippen MR) is 116 cm³/mol. The van der Waals surface area contributed by atoms with Crippen molar-refractivity contribution in [3.05, 3.63) is 58.8 Å². The molecular formula is C22H23BrN4O3. The second-order valence-electron chi connectivity index (χ2n) is 7.56. The first-order valence-electron chi connectivity index (χ1n) is 10.0. The van der Waals surface area contributed by atoms with Gasteiger partial charge in [0.1, 0.15) is 0 Å². The minimum atomic E-state index is -0.347. The number of anilines is 1. The monoisotopic (exact) mass is 470 g/mol. The standard InChI is InChI=1S/C22H23BrN4O3/c23-18-6-1-2-7-19(18)27-15-16(13-21(27)29)22(30)26-11-9-25(10-12-26)20(28)14-17-5-3-4-8-24-17/h1-8,16H,9-15H2. The summed E-state index contributed by atoms with van der Waals surface area (Å²) >= 11 is 3.48. The molecule has 0 N–H and O–H groups in total. The van der Waals surface area contributed by atoms with E-state index in [1.54, 1.807) is 20.9 Å². The maximum absolute atomic E-state index is 13.0. The highest BCUT2D eigenvalue weighted by molar-refractivity contribution is 9.10. The van der Waals surface area contributed by atoms with Gasteiger partial charge >= 0.3 is 0 Å². The van der Waals surface area contributed by atoms with Crippen LogP contribution in [0.5, 0.6) is 0 Å². The Morgan fingerprint density at radius 2 is 1.70 bits per heavy atom. The van der Waals surface area contributed by atoms with Gasteiger partial charge in [-0.05, 0) is 40.2 Å². The van der Waals surface area contributed by atoms with E-state index in [4.69, 9.17) is 0 Å². The Hall–Kier alpha value is -2.74. The van der Waals surface area contributed by atoms with E-state index in [2.05, 4.69) is 20.9 Å². The highest BCUT2D eigenvalue weighted by Crippen LogP contribution is 2.32. The van der Waals surface area contributed by atoms with Crippen molar-refractivity contribution in [2.75, 3.05) is 37.6 Å². The summed E-state index contributed by atoms with van der Waals surface area (Å²) in [7, 11) is 0. The SMILES string of the molecule is O=C(Cc1ccccn1)N1CCN(C(=O)C2CC(=O)N(c3ccccc3Br)C2)CC1. The van der Waals surface area contributed by atoms with Gasteiger partial charge in [-0.2, -0.15) is 0 Å². The number of nitrogens with zero attached hydrogens (tertiary/aromatic N) is 4. The van der Waals surface area contributed by atoms with Crippen molar-refractivity contribution in [1.82, 2.24) is 14.8 Å². The van der Waals surface area contributed by atoms with E-state index in [0.717, 1.165) is 15.9 Å². The molecule has 0 radical (unpaired) electrons.